The van der Waals surface area contributed by atoms with Crippen molar-refractivity contribution in [2.45, 2.75) is 27.0 Å². The van der Waals surface area contributed by atoms with Crippen molar-refractivity contribution in [3.05, 3.63) is 92.0 Å². The summed E-state index contributed by atoms with van der Waals surface area (Å²) in [7, 11) is 3.85. The summed E-state index contributed by atoms with van der Waals surface area (Å²) in [5.41, 5.74) is 2.45. The molecular formula is C31H28Br2N4O7. The topological polar surface area (TPSA) is 127 Å². The van der Waals surface area contributed by atoms with E-state index in [1.54, 1.807) is 36.4 Å². The summed E-state index contributed by atoms with van der Waals surface area (Å²) in [6.07, 6.45) is 0.474. The number of halogens is 2. The molecule has 0 aliphatic carbocycles. The van der Waals surface area contributed by atoms with Crippen molar-refractivity contribution >= 4 is 73.3 Å². The number of hydrazone groups is 1. The summed E-state index contributed by atoms with van der Waals surface area (Å²) in [5.74, 6) is -2.28. The molecule has 0 radical (unpaired) electrons. The number of nitrogens with one attached hydrogen (secondary N) is 1. The van der Waals surface area contributed by atoms with Crippen molar-refractivity contribution in [1.29, 1.82) is 0 Å². The molecule has 1 aliphatic heterocycles. The number of anilines is 1. The molecule has 1 N–H and O–H groups in total. The molecule has 1 unspecified atom stereocenters. The standard InChI is InChI=1S/C31H28Br2N4O7/c1-17(38)37-31(44-30(35-37)23-16-24(32)28(43-19(3)40)26(33)27(23)42-18(2)39)25(34-29(41)21-9-7-6-8-10-21)15-20-11-13-22(14-12-20)36(4)5/h6-16,31H,1-5H3,(H,34,41)/b25-15-. The number of carbonyl (C=O) groups excluding carboxylic acids is 4. The number of rotatable bonds is 8. The normalized spacial score (nSPS) is 14.3. The molecule has 1 atom stereocenters. The second-order valence-corrected chi connectivity index (χ2v) is 11.4. The molecule has 0 spiro atoms. The highest BCUT2D eigenvalue weighted by molar-refractivity contribution is 9.11. The Kier molecular flexibility index (Phi) is 10.2. The van der Waals surface area contributed by atoms with Gasteiger partial charge in [0.05, 0.1) is 15.7 Å². The summed E-state index contributed by atoms with van der Waals surface area (Å²) in [6, 6.07) is 17.6. The Bertz CT molecular complexity index is 1670. The lowest BCUT2D eigenvalue weighted by molar-refractivity contribution is -0.134. The SMILES string of the molecule is CC(=O)Oc1c(Br)cc(C2=NN(C(C)=O)C(/C(=C/c3ccc(N(C)C)cc3)NC(=O)c3ccccc3)O2)c(OC(C)=O)c1Br. The first-order valence-electron chi connectivity index (χ1n) is 13.1. The van der Waals surface area contributed by atoms with Crippen LogP contribution < -0.4 is 19.7 Å². The van der Waals surface area contributed by atoms with E-state index >= 15 is 0 Å². The lowest BCUT2D eigenvalue weighted by Gasteiger charge is -2.23. The quantitative estimate of drug-likeness (QED) is 0.239. The average Bonchev–Trinajstić information content (AvgIpc) is 3.42. The van der Waals surface area contributed by atoms with Crippen molar-refractivity contribution in [2.24, 2.45) is 5.10 Å². The molecule has 11 nitrogen and oxygen atoms in total. The third-order valence-electron chi connectivity index (χ3n) is 6.11. The Morgan fingerprint density at radius 1 is 0.932 bits per heavy atom. The number of nitrogens with zero attached hydrogens (tertiary/aromatic N) is 3. The maximum Gasteiger partial charge on any atom is 0.308 e. The zero-order valence-electron chi connectivity index (χ0n) is 24.4. The van der Waals surface area contributed by atoms with Crippen LogP contribution in [0.1, 0.15) is 42.3 Å². The molecule has 1 aliphatic rings. The van der Waals surface area contributed by atoms with E-state index in [-0.39, 0.29) is 33.1 Å². The van der Waals surface area contributed by atoms with E-state index in [0.29, 0.717) is 10.0 Å². The summed E-state index contributed by atoms with van der Waals surface area (Å²) in [6.45, 7) is 3.73. The molecule has 13 heteroatoms. The largest absolute Gasteiger partial charge is 0.444 e. The highest BCUT2D eigenvalue weighted by Gasteiger charge is 2.38. The van der Waals surface area contributed by atoms with E-state index in [1.807, 2.05) is 43.3 Å². The molecule has 4 rings (SSSR count). The van der Waals surface area contributed by atoms with Gasteiger partial charge in [0.2, 0.25) is 18.0 Å². The van der Waals surface area contributed by atoms with Crippen LogP contribution in [0.4, 0.5) is 5.69 Å². The minimum Gasteiger partial charge on any atom is -0.444 e. The third kappa shape index (κ3) is 7.53. The van der Waals surface area contributed by atoms with Crippen molar-refractivity contribution < 1.29 is 33.4 Å². The molecule has 3 aromatic rings. The van der Waals surface area contributed by atoms with E-state index in [0.717, 1.165) is 16.3 Å². The fourth-order valence-electron chi connectivity index (χ4n) is 4.11. The lowest BCUT2D eigenvalue weighted by atomic mass is 10.1. The molecule has 0 aromatic heterocycles. The van der Waals surface area contributed by atoms with Crippen molar-refractivity contribution in [3.63, 3.8) is 0 Å². The van der Waals surface area contributed by atoms with Crippen LogP contribution in [-0.4, -0.2) is 55.0 Å². The third-order valence-corrected chi connectivity index (χ3v) is 7.42. The number of amides is 2. The van der Waals surface area contributed by atoms with E-state index in [9.17, 15) is 19.2 Å². The molecule has 228 valence electrons. The van der Waals surface area contributed by atoms with Crippen LogP contribution in [0.3, 0.4) is 0 Å². The van der Waals surface area contributed by atoms with Gasteiger partial charge in [-0.3, -0.25) is 19.2 Å². The average molecular weight is 728 g/mol. The molecule has 0 saturated heterocycles. The molecule has 2 amide bonds. The highest BCUT2D eigenvalue weighted by Crippen LogP contribution is 2.44. The number of carbonyl (C=O) groups is 4. The van der Waals surface area contributed by atoms with Crippen molar-refractivity contribution in [3.8, 4) is 11.5 Å². The zero-order chi connectivity index (χ0) is 32.1. The molecule has 0 saturated carbocycles. The monoisotopic (exact) mass is 726 g/mol. The lowest BCUT2D eigenvalue weighted by Crippen LogP contribution is -2.40. The Hall–Kier alpha value is -4.49. The predicted octanol–water partition coefficient (Wildman–Crippen LogP) is 5.47. The number of hydrogen-bond acceptors (Lipinski definition) is 9. The Balaban J connectivity index is 1.81. The van der Waals surface area contributed by atoms with Crippen molar-refractivity contribution in [1.82, 2.24) is 10.3 Å². The second kappa shape index (κ2) is 13.9. The molecule has 44 heavy (non-hydrogen) atoms. The fourth-order valence-corrected chi connectivity index (χ4v) is 5.47. The van der Waals surface area contributed by atoms with Gasteiger partial charge in [0.15, 0.2) is 11.5 Å². The molecule has 1 heterocycles. The molecular weight excluding hydrogens is 700 g/mol. The van der Waals surface area contributed by atoms with Gasteiger partial charge in [-0.1, -0.05) is 30.3 Å². The zero-order valence-corrected chi connectivity index (χ0v) is 27.6. The summed E-state index contributed by atoms with van der Waals surface area (Å²) >= 11 is 6.72. The summed E-state index contributed by atoms with van der Waals surface area (Å²) < 4.78 is 17.4. The van der Waals surface area contributed by atoms with Gasteiger partial charge in [0.25, 0.3) is 5.91 Å². The van der Waals surface area contributed by atoms with E-state index < -0.39 is 30.0 Å². The highest BCUT2D eigenvalue weighted by atomic mass is 79.9. The van der Waals surface area contributed by atoms with Gasteiger partial charge >= 0.3 is 11.9 Å². The first-order chi connectivity index (χ1) is 20.8. The van der Waals surface area contributed by atoms with Crippen LogP contribution >= 0.6 is 31.9 Å². The van der Waals surface area contributed by atoms with Crippen molar-refractivity contribution in [2.75, 3.05) is 19.0 Å². The van der Waals surface area contributed by atoms with Gasteiger partial charge in [0, 0.05) is 46.1 Å². The molecule has 0 bridgehead atoms. The number of ether oxygens (including phenoxy) is 3. The maximum atomic E-state index is 13.3. The molecule has 0 fully saturated rings. The van der Waals surface area contributed by atoms with Gasteiger partial charge in [-0.2, -0.15) is 5.01 Å². The number of hydrogen-bond donors (Lipinski definition) is 1. The van der Waals surface area contributed by atoms with Crippen LogP contribution in [-0.2, 0) is 19.1 Å². The summed E-state index contributed by atoms with van der Waals surface area (Å²) in [5, 5.41) is 8.34. The van der Waals surface area contributed by atoms with Crippen LogP contribution in [0.25, 0.3) is 6.08 Å². The minimum atomic E-state index is -1.21. The van der Waals surface area contributed by atoms with Gasteiger partial charge < -0.3 is 24.4 Å². The van der Waals surface area contributed by atoms with E-state index in [1.165, 1.54) is 26.8 Å². The van der Waals surface area contributed by atoms with Crippen LogP contribution in [0.5, 0.6) is 11.5 Å². The Morgan fingerprint density at radius 2 is 1.55 bits per heavy atom. The summed E-state index contributed by atoms with van der Waals surface area (Å²) in [4.78, 5) is 51.9. The minimum absolute atomic E-state index is 0.0574. The Labute approximate surface area is 270 Å². The first-order valence-corrected chi connectivity index (χ1v) is 14.7. The van der Waals surface area contributed by atoms with Crippen LogP contribution in [0.15, 0.2) is 80.4 Å². The number of benzene rings is 3. The van der Waals surface area contributed by atoms with Gasteiger partial charge in [-0.25, -0.2) is 0 Å². The first kappa shape index (κ1) is 32.4. The van der Waals surface area contributed by atoms with E-state index in [2.05, 4.69) is 42.3 Å². The molecule has 3 aromatic carbocycles. The number of esters is 2. The maximum absolute atomic E-state index is 13.3. The second-order valence-electron chi connectivity index (χ2n) is 9.71. The van der Waals surface area contributed by atoms with Crippen LogP contribution in [0.2, 0.25) is 0 Å². The van der Waals surface area contributed by atoms with Gasteiger partial charge in [-0.15, -0.1) is 5.10 Å². The van der Waals surface area contributed by atoms with Gasteiger partial charge in [-0.05, 0) is 73.8 Å². The van der Waals surface area contributed by atoms with Gasteiger partial charge in [0.1, 0.15) is 4.47 Å². The fraction of sp³-hybridized carbons (Fsp3) is 0.194. The smallest absolute Gasteiger partial charge is 0.308 e. The van der Waals surface area contributed by atoms with Crippen LogP contribution in [0, 0.1) is 0 Å². The predicted molar refractivity (Wildman–Crippen MR) is 171 cm³/mol. The van der Waals surface area contributed by atoms with E-state index in [4.69, 9.17) is 14.2 Å². The Morgan fingerprint density at radius 3 is 2.11 bits per heavy atom.